The highest BCUT2D eigenvalue weighted by molar-refractivity contribution is 5.95. The Bertz CT molecular complexity index is 1110. The molecule has 140 valence electrons. The smallest absolute Gasteiger partial charge is 0.295 e. The Balaban J connectivity index is 1.78. The van der Waals surface area contributed by atoms with Gasteiger partial charge in [-0.2, -0.15) is 18.3 Å². The first-order valence-electron chi connectivity index (χ1n) is 7.84. The van der Waals surface area contributed by atoms with Crippen LogP contribution in [0.25, 0.3) is 11.0 Å². The fourth-order valence-electron chi connectivity index (χ4n) is 2.67. The summed E-state index contributed by atoms with van der Waals surface area (Å²) in [5, 5.41) is 3.78. The third-order valence-corrected chi connectivity index (χ3v) is 4.13. The average Bonchev–Trinajstić information content (AvgIpc) is 2.85. The number of carbonyl (C=O) groups is 1. The zero-order valence-electron chi connectivity index (χ0n) is 14.4. The first kappa shape index (κ1) is 18.4. The van der Waals surface area contributed by atoms with Crippen LogP contribution < -0.4 is 11.1 Å². The summed E-state index contributed by atoms with van der Waals surface area (Å²) >= 11 is 0. The molecule has 0 aliphatic rings. The number of hydrogen-bond acceptors (Lipinski definition) is 3. The predicted molar refractivity (Wildman–Crippen MR) is 94.7 cm³/mol. The number of aromatic nitrogens is 2. The van der Waals surface area contributed by atoms with E-state index < -0.39 is 17.6 Å². The summed E-state index contributed by atoms with van der Waals surface area (Å²) in [6.45, 7) is 0. The zero-order valence-corrected chi connectivity index (χ0v) is 14.4. The van der Waals surface area contributed by atoms with Crippen LogP contribution >= 0.6 is 0 Å². The highest BCUT2D eigenvalue weighted by Crippen LogP contribution is 2.29. The van der Waals surface area contributed by atoms with E-state index in [2.05, 4.69) is 10.5 Å². The molecule has 0 radical (unpaired) electrons. The van der Waals surface area contributed by atoms with Gasteiger partial charge in [0.25, 0.3) is 5.91 Å². The van der Waals surface area contributed by atoms with Gasteiger partial charge in [0.15, 0.2) is 0 Å². The number of benzene rings is 2. The van der Waals surface area contributed by atoms with Crippen LogP contribution in [0.3, 0.4) is 0 Å². The third kappa shape index (κ3) is 3.62. The lowest BCUT2D eigenvalue weighted by molar-refractivity contribution is -0.137. The molecule has 1 aromatic heterocycles. The highest BCUT2D eigenvalue weighted by atomic mass is 19.4. The Kier molecular flexibility index (Phi) is 4.61. The van der Waals surface area contributed by atoms with Crippen molar-refractivity contribution in [2.75, 3.05) is 0 Å². The lowest BCUT2D eigenvalue weighted by Crippen LogP contribution is -2.19. The SMILES string of the molecule is Cn1c(=O)n(C)c2cc(C=NNC(=O)c3cccc(C(F)(F)F)c3)ccc21. The molecule has 0 bridgehead atoms. The second kappa shape index (κ2) is 6.75. The van der Waals surface area contributed by atoms with Crippen LogP contribution in [-0.2, 0) is 20.3 Å². The maximum Gasteiger partial charge on any atom is 0.416 e. The number of rotatable bonds is 3. The van der Waals surface area contributed by atoms with E-state index in [1.807, 2.05) is 0 Å². The number of aryl methyl sites for hydroxylation is 2. The van der Waals surface area contributed by atoms with Crippen molar-refractivity contribution in [1.29, 1.82) is 0 Å². The number of nitrogens with zero attached hydrogens (tertiary/aromatic N) is 3. The first-order chi connectivity index (χ1) is 12.7. The van der Waals surface area contributed by atoms with Gasteiger partial charge in [0, 0.05) is 19.7 Å². The van der Waals surface area contributed by atoms with Gasteiger partial charge < -0.3 is 0 Å². The summed E-state index contributed by atoms with van der Waals surface area (Å²) in [6.07, 6.45) is -3.18. The number of imidazole rings is 1. The van der Waals surface area contributed by atoms with Gasteiger partial charge in [0.05, 0.1) is 22.8 Å². The fraction of sp³-hybridized carbons (Fsp3) is 0.167. The quantitative estimate of drug-likeness (QED) is 0.564. The molecule has 1 heterocycles. The van der Waals surface area contributed by atoms with Crippen molar-refractivity contribution in [1.82, 2.24) is 14.6 Å². The van der Waals surface area contributed by atoms with Gasteiger partial charge in [0.2, 0.25) is 0 Å². The summed E-state index contributed by atoms with van der Waals surface area (Å²) < 4.78 is 41.1. The van der Waals surface area contributed by atoms with Crippen molar-refractivity contribution in [3.8, 4) is 0 Å². The van der Waals surface area contributed by atoms with Crippen molar-refractivity contribution in [3.05, 3.63) is 69.6 Å². The molecule has 0 atom stereocenters. The Morgan fingerprint density at radius 1 is 1.07 bits per heavy atom. The monoisotopic (exact) mass is 376 g/mol. The Hall–Kier alpha value is -3.36. The van der Waals surface area contributed by atoms with Crippen molar-refractivity contribution in [3.63, 3.8) is 0 Å². The molecule has 0 aliphatic carbocycles. The van der Waals surface area contributed by atoms with E-state index in [4.69, 9.17) is 0 Å². The molecule has 3 rings (SSSR count). The number of fused-ring (bicyclic) bond motifs is 1. The van der Waals surface area contributed by atoms with Gasteiger partial charge >= 0.3 is 11.9 Å². The molecule has 6 nitrogen and oxygen atoms in total. The van der Waals surface area contributed by atoms with Crippen molar-refractivity contribution in [2.45, 2.75) is 6.18 Å². The number of halogens is 3. The van der Waals surface area contributed by atoms with Crippen LogP contribution in [0.2, 0.25) is 0 Å². The molecule has 1 N–H and O–H groups in total. The average molecular weight is 376 g/mol. The summed E-state index contributed by atoms with van der Waals surface area (Å²) in [7, 11) is 3.30. The van der Waals surface area contributed by atoms with Crippen molar-refractivity contribution < 1.29 is 18.0 Å². The first-order valence-corrected chi connectivity index (χ1v) is 7.84. The molecule has 0 unspecified atom stereocenters. The summed E-state index contributed by atoms with van der Waals surface area (Å²) in [4.78, 5) is 23.9. The van der Waals surface area contributed by atoms with E-state index in [0.717, 1.165) is 23.7 Å². The Morgan fingerprint density at radius 3 is 2.48 bits per heavy atom. The second-order valence-electron chi connectivity index (χ2n) is 5.93. The highest BCUT2D eigenvalue weighted by Gasteiger charge is 2.30. The number of hydrogen-bond donors (Lipinski definition) is 1. The lowest BCUT2D eigenvalue weighted by Gasteiger charge is -2.07. The second-order valence-corrected chi connectivity index (χ2v) is 5.93. The standard InChI is InChI=1S/C18H15F3N4O2/c1-24-14-7-6-11(8-15(14)25(2)17(24)27)10-22-23-16(26)12-4-3-5-13(9-12)18(19,20)21/h3-10H,1-2H3,(H,23,26). The minimum absolute atomic E-state index is 0.150. The van der Waals surface area contributed by atoms with E-state index in [1.165, 1.54) is 21.4 Å². The number of hydrazone groups is 1. The minimum Gasteiger partial charge on any atom is -0.295 e. The van der Waals surface area contributed by atoms with Gasteiger partial charge in [-0.05, 0) is 35.9 Å². The van der Waals surface area contributed by atoms with Crippen LogP contribution in [0, 0.1) is 0 Å². The molecule has 0 saturated carbocycles. The third-order valence-electron chi connectivity index (χ3n) is 4.13. The summed E-state index contributed by atoms with van der Waals surface area (Å²) in [5.74, 6) is -0.759. The van der Waals surface area contributed by atoms with Gasteiger partial charge in [-0.3, -0.25) is 13.9 Å². The molecule has 2 aromatic carbocycles. The summed E-state index contributed by atoms with van der Waals surface area (Å²) in [5.41, 5.74) is 3.02. The minimum atomic E-state index is -4.53. The molecule has 3 aromatic rings. The number of alkyl halides is 3. The van der Waals surface area contributed by atoms with Gasteiger partial charge in [-0.25, -0.2) is 10.2 Å². The lowest BCUT2D eigenvalue weighted by atomic mass is 10.1. The number of carbonyl (C=O) groups excluding carboxylic acids is 1. The molecule has 0 spiro atoms. The molecule has 0 aliphatic heterocycles. The number of amides is 1. The molecule has 27 heavy (non-hydrogen) atoms. The van der Waals surface area contributed by atoms with E-state index in [9.17, 15) is 22.8 Å². The van der Waals surface area contributed by atoms with Crippen LogP contribution in [0.15, 0.2) is 52.4 Å². The van der Waals surface area contributed by atoms with Crippen LogP contribution in [-0.4, -0.2) is 21.3 Å². The van der Waals surface area contributed by atoms with Crippen molar-refractivity contribution >= 4 is 23.2 Å². The van der Waals surface area contributed by atoms with Crippen LogP contribution in [0.4, 0.5) is 13.2 Å². The van der Waals surface area contributed by atoms with E-state index in [1.54, 1.807) is 32.3 Å². The Morgan fingerprint density at radius 2 is 1.78 bits per heavy atom. The predicted octanol–water partition coefficient (Wildman–Crippen LogP) is 2.66. The van der Waals surface area contributed by atoms with E-state index >= 15 is 0 Å². The molecule has 9 heteroatoms. The Labute approximate surface area is 151 Å². The van der Waals surface area contributed by atoms with Gasteiger partial charge in [-0.15, -0.1) is 0 Å². The van der Waals surface area contributed by atoms with Crippen LogP contribution in [0.1, 0.15) is 21.5 Å². The fourth-order valence-corrected chi connectivity index (χ4v) is 2.67. The van der Waals surface area contributed by atoms with Crippen LogP contribution in [0.5, 0.6) is 0 Å². The molecular formula is C18H15F3N4O2. The van der Waals surface area contributed by atoms with E-state index in [-0.39, 0.29) is 11.3 Å². The van der Waals surface area contributed by atoms with E-state index in [0.29, 0.717) is 11.1 Å². The molecule has 0 saturated heterocycles. The molecular weight excluding hydrogens is 361 g/mol. The van der Waals surface area contributed by atoms with Crippen molar-refractivity contribution in [2.24, 2.45) is 19.2 Å². The normalized spacial score (nSPS) is 12.0. The maximum atomic E-state index is 12.7. The largest absolute Gasteiger partial charge is 0.416 e. The molecule has 0 fully saturated rings. The maximum absolute atomic E-state index is 12.7. The van der Waals surface area contributed by atoms with Gasteiger partial charge in [0.1, 0.15) is 0 Å². The summed E-state index contributed by atoms with van der Waals surface area (Å²) in [6, 6.07) is 9.25. The van der Waals surface area contributed by atoms with Gasteiger partial charge in [-0.1, -0.05) is 12.1 Å². The zero-order chi connectivity index (χ0) is 19.8. The number of nitrogens with one attached hydrogen (secondary N) is 1. The molecule has 1 amide bonds. The topological polar surface area (TPSA) is 68.4 Å².